The second kappa shape index (κ2) is 6.44. The number of allylic oxidation sites excluding steroid dienone is 2. The molecule has 100 valence electrons. The number of nitrogens with zero attached hydrogens (tertiary/aromatic N) is 2. The lowest BCUT2D eigenvalue weighted by Crippen LogP contribution is -2.41. The fourth-order valence-corrected chi connectivity index (χ4v) is 1.99. The average molecular weight is 250 g/mol. The molecule has 1 amide bonds. The highest BCUT2D eigenvalue weighted by molar-refractivity contribution is 5.68. The molecule has 1 aliphatic heterocycles. The molecule has 0 saturated carbocycles. The molecule has 0 N–H and O–H groups in total. The molecule has 1 aliphatic rings. The first kappa shape index (κ1) is 14.6. The van der Waals surface area contributed by atoms with E-state index in [0.717, 1.165) is 32.4 Å². The molecular weight excluding hydrogens is 228 g/mol. The SMILES string of the molecule is CC(C)(C)OC(=O)N1CCC(CC=CC#N)CC1. The summed E-state index contributed by atoms with van der Waals surface area (Å²) in [7, 11) is 0. The van der Waals surface area contributed by atoms with Crippen LogP contribution in [0, 0.1) is 17.2 Å². The van der Waals surface area contributed by atoms with Crippen LogP contribution in [0.25, 0.3) is 0 Å². The first-order valence-electron chi connectivity index (χ1n) is 6.45. The van der Waals surface area contributed by atoms with E-state index in [9.17, 15) is 4.79 Å². The van der Waals surface area contributed by atoms with E-state index in [4.69, 9.17) is 10.00 Å². The largest absolute Gasteiger partial charge is 0.444 e. The molecular formula is C14H22N2O2. The zero-order valence-corrected chi connectivity index (χ0v) is 11.5. The van der Waals surface area contributed by atoms with Gasteiger partial charge in [0.25, 0.3) is 0 Å². The highest BCUT2D eigenvalue weighted by atomic mass is 16.6. The molecule has 4 nitrogen and oxygen atoms in total. The molecule has 0 atom stereocenters. The van der Waals surface area contributed by atoms with E-state index in [1.54, 1.807) is 4.90 Å². The molecule has 0 bridgehead atoms. The fourth-order valence-electron chi connectivity index (χ4n) is 1.99. The van der Waals surface area contributed by atoms with Gasteiger partial charge in [-0.3, -0.25) is 0 Å². The van der Waals surface area contributed by atoms with Gasteiger partial charge in [0.1, 0.15) is 5.60 Å². The van der Waals surface area contributed by atoms with Crippen molar-refractivity contribution >= 4 is 6.09 Å². The minimum atomic E-state index is -0.427. The topological polar surface area (TPSA) is 53.3 Å². The minimum absolute atomic E-state index is 0.214. The predicted molar refractivity (Wildman–Crippen MR) is 69.9 cm³/mol. The second-order valence-electron chi connectivity index (χ2n) is 5.68. The van der Waals surface area contributed by atoms with Crippen molar-refractivity contribution in [3.05, 3.63) is 12.2 Å². The lowest BCUT2D eigenvalue weighted by Gasteiger charge is -2.33. The number of carbonyl (C=O) groups is 1. The van der Waals surface area contributed by atoms with Crippen molar-refractivity contribution in [1.82, 2.24) is 4.90 Å². The zero-order chi connectivity index (χ0) is 13.6. The van der Waals surface area contributed by atoms with Crippen LogP contribution in [0.3, 0.4) is 0 Å². The molecule has 0 aliphatic carbocycles. The van der Waals surface area contributed by atoms with E-state index in [1.807, 2.05) is 32.9 Å². The maximum atomic E-state index is 11.8. The van der Waals surface area contributed by atoms with E-state index < -0.39 is 5.60 Å². The summed E-state index contributed by atoms with van der Waals surface area (Å²) in [5.41, 5.74) is -0.427. The van der Waals surface area contributed by atoms with Crippen molar-refractivity contribution in [3.8, 4) is 6.07 Å². The Kier molecular flexibility index (Phi) is 5.21. The quantitative estimate of drug-likeness (QED) is 0.708. The Morgan fingerprint density at radius 1 is 1.44 bits per heavy atom. The number of amides is 1. The van der Waals surface area contributed by atoms with Gasteiger partial charge >= 0.3 is 6.09 Å². The summed E-state index contributed by atoms with van der Waals surface area (Å²) in [5, 5.41) is 8.41. The summed E-state index contributed by atoms with van der Waals surface area (Å²) in [6.07, 6.45) is 6.11. The third-order valence-corrected chi connectivity index (χ3v) is 2.93. The zero-order valence-electron chi connectivity index (χ0n) is 11.5. The van der Waals surface area contributed by atoms with Crippen LogP contribution in [0.4, 0.5) is 4.79 Å². The fraction of sp³-hybridized carbons (Fsp3) is 0.714. The first-order chi connectivity index (χ1) is 8.42. The van der Waals surface area contributed by atoms with Crippen LogP contribution in [0.1, 0.15) is 40.0 Å². The molecule has 0 aromatic carbocycles. The Labute approximate surface area is 109 Å². The van der Waals surface area contributed by atoms with Crippen molar-refractivity contribution in [2.45, 2.75) is 45.6 Å². The Bertz CT molecular complexity index is 342. The molecule has 0 spiro atoms. The van der Waals surface area contributed by atoms with Gasteiger partial charge in [-0.1, -0.05) is 6.08 Å². The van der Waals surface area contributed by atoms with Gasteiger partial charge in [0.05, 0.1) is 6.07 Å². The number of ether oxygens (including phenoxy) is 1. The van der Waals surface area contributed by atoms with Gasteiger partial charge in [0, 0.05) is 19.2 Å². The molecule has 0 unspecified atom stereocenters. The lowest BCUT2D eigenvalue weighted by atomic mass is 9.93. The molecule has 1 rings (SSSR count). The number of carbonyl (C=O) groups excluding carboxylic acids is 1. The van der Waals surface area contributed by atoms with Gasteiger partial charge in [0.15, 0.2) is 0 Å². The highest BCUT2D eigenvalue weighted by Gasteiger charge is 2.26. The average Bonchev–Trinajstić information content (AvgIpc) is 2.28. The van der Waals surface area contributed by atoms with E-state index in [-0.39, 0.29) is 6.09 Å². The molecule has 1 fully saturated rings. The van der Waals surface area contributed by atoms with Gasteiger partial charge in [0.2, 0.25) is 0 Å². The van der Waals surface area contributed by atoms with Crippen molar-refractivity contribution in [2.24, 2.45) is 5.92 Å². The van der Waals surface area contributed by atoms with Crippen LogP contribution < -0.4 is 0 Å². The van der Waals surface area contributed by atoms with Crippen LogP contribution in [0.2, 0.25) is 0 Å². The number of nitriles is 1. The maximum Gasteiger partial charge on any atom is 0.410 e. The van der Waals surface area contributed by atoms with Gasteiger partial charge in [-0.15, -0.1) is 0 Å². The van der Waals surface area contributed by atoms with E-state index in [1.165, 1.54) is 6.08 Å². The lowest BCUT2D eigenvalue weighted by molar-refractivity contribution is 0.0185. The van der Waals surface area contributed by atoms with Crippen molar-refractivity contribution in [3.63, 3.8) is 0 Å². The molecule has 0 radical (unpaired) electrons. The van der Waals surface area contributed by atoms with Crippen LogP contribution in [-0.4, -0.2) is 29.7 Å². The van der Waals surface area contributed by atoms with Crippen molar-refractivity contribution in [2.75, 3.05) is 13.1 Å². The summed E-state index contributed by atoms with van der Waals surface area (Å²) < 4.78 is 5.34. The third-order valence-electron chi connectivity index (χ3n) is 2.93. The predicted octanol–water partition coefficient (Wildman–Crippen LogP) is 3.10. The number of likely N-dealkylation sites (tertiary alicyclic amines) is 1. The standard InChI is InChI=1S/C14H22N2O2/c1-14(2,3)18-13(17)16-10-7-12(8-11-16)6-4-5-9-15/h4-5,12H,6-8,10-11H2,1-3H3. The number of rotatable bonds is 2. The smallest absolute Gasteiger partial charge is 0.410 e. The third kappa shape index (κ3) is 5.22. The summed E-state index contributed by atoms with van der Waals surface area (Å²) in [6.45, 7) is 7.14. The van der Waals surface area contributed by atoms with Gasteiger partial charge in [-0.2, -0.15) is 5.26 Å². The Morgan fingerprint density at radius 2 is 2.06 bits per heavy atom. The van der Waals surface area contributed by atoms with Crippen LogP contribution >= 0.6 is 0 Å². The summed E-state index contributed by atoms with van der Waals surface area (Å²) >= 11 is 0. The molecule has 1 heterocycles. The normalized spacial score (nSPS) is 17.8. The Hall–Kier alpha value is -1.50. The van der Waals surface area contributed by atoms with Crippen LogP contribution in [0.5, 0.6) is 0 Å². The van der Waals surface area contributed by atoms with Crippen molar-refractivity contribution < 1.29 is 9.53 Å². The van der Waals surface area contributed by atoms with Gasteiger partial charge in [-0.05, 0) is 46.0 Å². The molecule has 4 heteroatoms. The summed E-state index contributed by atoms with van der Waals surface area (Å²) in [4.78, 5) is 13.6. The Balaban J connectivity index is 2.33. The molecule has 0 aromatic rings. The van der Waals surface area contributed by atoms with Crippen LogP contribution in [0.15, 0.2) is 12.2 Å². The second-order valence-corrected chi connectivity index (χ2v) is 5.68. The number of piperidine rings is 1. The summed E-state index contributed by atoms with van der Waals surface area (Å²) in [6, 6.07) is 1.99. The highest BCUT2D eigenvalue weighted by Crippen LogP contribution is 2.22. The van der Waals surface area contributed by atoms with Crippen LogP contribution in [-0.2, 0) is 4.74 Å². The molecule has 1 saturated heterocycles. The Morgan fingerprint density at radius 3 is 2.56 bits per heavy atom. The molecule has 18 heavy (non-hydrogen) atoms. The number of hydrogen-bond donors (Lipinski definition) is 0. The van der Waals surface area contributed by atoms with Crippen molar-refractivity contribution in [1.29, 1.82) is 5.26 Å². The summed E-state index contributed by atoms with van der Waals surface area (Å²) in [5.74, 6) is 0.577. The van der Waals surface area contributed by atoms with Gasteiger partial charge in [-0.25, -0.2) is 4.79 Å². The van der Waals surface area contributed by atoms with E-state index >= 15 is 0 Å². The minimum Gasteiger partial charge on any atom is -0.444 e. The van der Waals surface area contributed by atoms with E-state index in [0.29, 0.717) is 5.92 Å². The molecule has 0 aromatic heterocycles. The van der Waals surface area contributed by atoms with Gasteiger partial charge < -0.3 is 9.64 Å². The monoisotopic (exact) mass is 250 g/mol. The first-order valence-corrected chi connectivity index (χ1v) is 6.45. The maximum absolute atomic E-state index is 11.8. The number of hydrogen-bond acceptors (Lipinski definition) is 3. The van der Waals surface area contributed by atoms with E-state index in [2.05, 4.69) is 0 Å².